The lowest BCUT2D eigenvalue weighted by Crippen LogP contribution is -2.36. The number of anilines is 1. The van der Waals surface area contributed by atoms with E-state index < -0.39 is 0 Å². The standard InChI is InChI=1S/C16H18N2O3/c1-10-13-4-3-12(18-5-7-21-8-6-18)9-14(13)17-16(20)15(10)11(2)19/h3-4,9H,5-8H2,1-2H3,(H,17,20). The zero-order valence-electron chi connectivity index (χ0n) is 12.2. The van der Waals surface area contributed by atoms with Crippen LogP contribution < -0.4 is 10.5 Å². The van der Waals surface area contributed by atoms with Gasteiger partial charge < -0.3 is 14.6 Å². The number of pyridine rings is 1. The first-order chi connectivity index (χ1) is 10.1. The van der Waals surface area contributed by atoms with E-state index in [1.54, 1.807) is 0 Å². The van der Waals surface area contributed by atoms with Gasteiger partial charge in [0.2, 0.25) is 0 Å². The molecule has 5 nitrogen and oxygen atoms in total. The Morgan fingerprint density at radius 3 is 2.67 bits per heavy atom. The van der Waals surface area contributed by atoms with Crippen molar-refractivity contribution in [1.29, 1.82) is 0 Å². The smallest absolute Gasteiger partial charge is 0.259 e. The van der Waals surface area contributed by atoms with Gasteiger partial charge in [0.15, 0.2) is 5.78 Å². The van der Waals surface area contributed by atoms with E-state index in [-0.39, 0.29) is 16.9 Å². The van der Waals surface area contributed by atoms with Crippen LogP contribution in [0.25, 0.3) is 10.9 Å². The van der Waals surface area contributed by atoms with Gasteiger partial charge in [0.25, 0.3) is 5.56 Å². The minimum Gasteiger partial charge on any atom is -0.378 e. The van der Waals surface area contributed by atoms with Crippen LogP contribution in [0.3, 0.4) is 0 Å². The molecule has 0 unspecified atom stereocenters. The average Bonchev–Trinajstić information content (AvgIpc) is 2.47. The highest BCUT2D eigenvalue weighted by atomic mass is 16.5. The summed E-state index contributed by atoms with van der Waals surface area (Å²) in [5.41, 5.74) is 2.52. The van der Waals surface area contributed by atoms with Gasteiger partial charge in [0, 0.05) is 24.2 Å². The van der Waals surface area contributed by atoms with Crippen LogP contribution in [-0.4, -0.2) is 37.1 Å². The second-order valence-electron chi connectivity index (χ2n) is 5.34. The number of fused-ring (bicyclic) bond motifs is 1. The molecule has 5 heteroatoms. The molecule has 0 saturated carbocycles. The minimum absolute atomic E-state index is 0.201. The number of aromatic amines is 1. The molecule has 1 saturated heterocycles. The Morgan fingerprint density at radius 1 is 1.29 bits per heavy atom. The van der Waals surface area contributed by atoms with E-state index in [1.807, 2.05) is 25.1 Å². The normalized spacial score (nSPS) is 15.4. The summed E-state index contributed by atoms with van der Waals surface area (Å²) in [4.78, 5) is 28.7. The molecule has 0 radical (unpaired) electrons. The van der Waals surface area contributed by atoms with Gasteiger partial charge in [-0.25, -0.2) is 0 Å². The van der Waals surface area contributed by atoms with Crippen LogP contribution in [0.2, 0.25) is 0 Å². The number of carbonyl (C=O) groups excluding carboxylic acids is 1. The van der Waals surface area contributed by atoms with Crippen molar-refractivity contribution >= 4 is 22.4 Å². The molecule has 0 atom stereocenters. The quantitative estimate of drug-likeness (QED) is 0.856. The molecule has 1 aliphatic rings. The second kappa shape index (κ2) is 5.33. The predicted octanol–water partition coefficient (Wildman–Crippen LogP) is 1.88. The summed E-state index contributed by atoms with van der Waals surface area (Å²) < 4.78 is 5.35. The lowest BCUT2D eigenvalue weighted by atomic mass is 10.0. The molecule has 1 N–H and O–H groups in total. The molecular formula is C16H18N2O3. The van der Waals surface area contributed by atoms with Crippen molar-refractivity contribution in [3.8, 4) is 0 Å². The fraction of sp³-hybridized carbons (Fsp3) is 0.375. The second-order valence-corrected chi connectivity index (χ2v) is 5.34. The van der Waals surface area contributed by atoms with Gasteiger partial charge in [-0.1, -0.05) is 6.07 Å². The van der Waals surface area contributed by atoms with Crippen molar-refractivity contribution in [1.82, 2.24) is 4.98 Å². The monoisotopic (exact) mass is 286 g/mol. The van der Waals surface area contributed by atoms with Crippen LogP contribution in [-0.2, 0) is 4.74 Å². The molecule has 1 aromatic heterocycles. The van der Waals surface area contributed by atoms with Gasteiger partial charge in [0.1, 0.15) is 0 Å². The minimum atomic E-state index is -0.313. The van der Waals surface area contributed by atoms with Gasteiger partial charge in [-0.05, 0) is 31.5 Å². The Bertz CT molecular complexity index is 758. The van der Waals surface area contributed by atoms with Crippen molar-refractivity contribution in [2.75, 3.05) is 31.2 Å². The van der Waals surface area contributed by atoms with Gasteiger partial charge >= 0.3 is 0 Å². The number of carbonyl (C=O) groups is 1. The summed E-state index contributed by atoms with van der Waals surface area (Å²) in [5, 5.41) is 0.914. The van der Waals surface area contributed by atoms with E-state index in [4.69, 9.17) is 4.74 Å². The molecule has 1 fully saturated rings. The fourth-order valence-corrected chi connectivity index (χ4v) is 2.89. The molecule has 110 valence electrons. The summed E-state index contributed by atoms with van der Waals surface area (Å²) in [6, 6.07) is 5.97. The summed E-state index contributed by atoms with van der Waals surface area (Å²) in [6.45, 7) is 6.38. The first-order valence-electron chi connectivity index (χ1n) is 7.08. The highest BCUT2D eigenvalue weighted by Gasteiger charge is 2.15. The third kappa shape index (κ3) is 2.45. The molecular weight excluding hydrogens is 268 g/mol. The number of hydrogen-bond acceptors (Lipinski definition) is 4. The fourth-order valence-electron chi connectivity index (χ4n) is 2.89. The topological polar surface area (TPSA) is 62.4 Å². The molecule has 0 bridgehead atoms. The van der Waals surface area contributed by atoms with Crippen molar-refractivity contribution in [2.45, 2.75) is 13.8 Å². The maximum absolute atomic E-state index is 12.1. The number of benzene rings is 1. The molecule has 3 rings (SSSR count). The summed E-state index contributed by atoms with van der Waals surface area (Å²) in [7, 11) is 0. The molecule has 2 heterocycles. The van der Waals surface area contributed by atoms with E-state index in [2.05, 4.69) is 9.88 Å². The van der Waals surface area contributed by atoms with Gasteiger partial charge in [-0.2, -0.15) is 0 Å². The number of nitrogens with zero attached hydrogens (tertiary/aromatic N) is 1. The van der Waals surface area contributed by atoms with E-state index in [9.17, 15) is 9.59 Å². The maximum atomic E-state index is 12.1. The van der Waals surface area contributed by atoms with Crippen molar-refractivity contribution in [3.63, 3.8) is 0 Å². The number of ether oxygens (including phenoxy) is 1. The Kier molecular flexibility index (Phi) is 3.51. The predicted molar refractivity (Wildman–Crippen MR) is 82.3 cm³/mol. The largest absolute Gasteiger partial charge is 0.378 e. The lowest BCUT2D eigenvalue weighted by molar-refractivity contribution is 0.101. The van der Waals surface area contributed by atoms with Crippen LogP contribution in [0, 0.1) is 6.92 Å². The van der Waals surface area contributed by atoms with Crippen molar-refractivity contribution in [2.24, 2.45) is 0 Å². The molecule has 2 aromatic rings. The number of H-pyrrole nitrogens is 1. The lowest BCUT2D eigenvalue weighted by Gasteiger charge is -2.29. The molecule has 0 aliphatic carbocycles. The Balaban J connectivity index is 2.12. The maximum Gasteiger partial charge on any atom is 0.259 e. The Labute approximate surface area is 122 Å². The van der Waals surface area contributed by atoms with Crippen molar-refractivity contribution < 1.29 is 9.53 Å². The Morgan fingerprint density at radius 2 is 2.00 bits per heavy atom. The average molecular weight is 286 g/mol. The molecule has 0 amide bonds. The van der Waals surface area contributed by atoms with E-state index in [0.717, 1.165) is 48.5 Å². The zero-order valence-corrected chi connectivity index (χ0v) is 12.2. The number of ketones is 1. The number of nitrogens with one attached hydrogen (secondary N) is 1. The van der Waals surface area contributed by atoms with Crippen LogP contribution in [0.4, 0.5) is 5.69 Å². The number of aryl methyl sites for hydroxylation is 1. The molecule has 21 heavy (non-hydrogen) atoms. The van der Waals surface area contributed by atoms with Gasteiger partial charge in [-0.15, -0.1) is 0 Å². The highest BCUT2D eigenvalue weighted by Crippen LogP contribution is 2.24. The van der Waals surface area contributed by atoms with E-state index >= 15 is 0 Å². The molecule has 0 spiro atoms. The van der Waals surface area contributed by atoms with Gasteiger partial charge in [-0.3, -0.25) is 9.59 Å². The van der Waals surface area contributed by atoms with E-state index in [1.165, 1.54) is 6.92 Å². The zero-order chi connectivity index (χ0) is 15.0. The molecule has 1 aliphatic heterocycles. The van der Waals surface area contributed by atoms with Gasteiger partial charge in [0.05, 0.1) is 24.3 Å². The highest BCUT2D eigenvalue weighted by molar-refractivity contribution is 6.00. The van der Waals surface area contributed by atoms with Crippen LogP contribution in [0.1, 0.15) is 22.8 Å². The first kappa shape index (κ1) is 13.8. The number of rotatable bonds is 2. The van der Waals surface area contributed by atoms with Crippen LogP contribution >= 0.6 is 0 Å². The SMILES string of the molecule is CC(=O)c1c(C)c2ccc(N3CCOCC3)cc2[nH]c1=O. The van der Waals surface area contributed by atoms with Crippen molar-refractivity contribution in [3.05, 3.63) is 39.7 Å². The third-order valence-corrected chi connectivity index (χ3v) is 3.99. The number of Topliss-reactive ketones (excluding diaryl/α,β-unsaturated/α-hetero) is 1. The molecule has 1 aromatic carbocycles. The third-order valence-electron chi connectivity index (χ3n) is 3.99. The summed E-state index contributed by atoms with van der Waals surface area (Å²) in [5.74, 6) is -0.201. The number of aromatic nitrogens is 1. The number of hydrogen-bond donors (Lipinski definition) is 1. The number of morpholine rings is 1. The first-order valence-corrected chi connectivity index (χ1v) is 7.08. The van der Waals surface area contributed by atoms with Crippen LogP contribution in [0.15, 0.2) is 23.0 Å². The Hall–Kier alpha value is -2.14. The summed E-state index contributed by atoms with van der Waals surface area (Å²) in [6.07, 6.45) is 0. The summed E-state index contributed by atoms with van der Waals surface area (Å²) >= 11 is 0. The van der Waals surface area contributed by atoms with Crippen LogP contribution in [0.5, 0.6) is 0 Å². The van der Waals surface area contributed by atoms with E-state index in [0.29, 0.717) is 0 Å².